The van der Waals surface area contributed by atoms with E-state index in [-0.39, 0.29) is 17.9 Å². The maximum absolute atomic E-state index is 13.0. The second-order valence-electron chi connectivity index (χ2n) is 8.27. The molecule has 0 unspecified atom stereocenters. The molecule has 4 rings (SSSR count). The average molecular weight is 439 g/mol. The van der Waals surface area contributed by atoms with Crippen molar-refractivity contribution in [1.29, 1.82) is 0 Å². The van der Waals surface area contributed by atoms with E-state index in [1.807, 2.05) is 21.9 Å². The minimum Gasteiger partial charge on any atom is -0.493 e. The van der Waals surface area contributed by atoms with Crippen LogP contribution in [0.4, 0.5) is 10.5 Å². The molecule has 0 saturated carbocycles. The van der Waals surface area contributed by atoms with E-state index in [9.17, 15) is 9.59 Å². The third-order valence-corrected chi connectivity index (χ3v) is 5.99. The summed E-state index contributed by atoms with van der Waals surface area (Å²) in [6.07, 6.45) is 7.19. The standard InChI is InChI=1S/C24H30N4O4/c1-31-21-9-8-20(14-22(21)32-17-18-6-4-10-25-15-18)26-23(29)19-7-5-13-28(16-19)24(30)27-11-2-3-12-27/h4,6,8-10,14-15,19H,2-3,5,7,11-13,16-17H2,1H3,(H,26,29)/t19-/m1/s1. The average Bonchev–Trinajstić information content (AvgIpc) is 3.38. The molecule has 32 heavy (non-hydrogen) atoms. The molecule has 8 nitrogen and oxygen atoms in total. The SMILES string of the molecule is COc1ccc(NC(=O)[C@@H]2CCCN(C(=O)N3CCCC3)C2)cc1OCc1cccnc1. The van der Waals surface area contributed by atoms with Crippen LogP contribution in [0.25, 0.3) is 0 Å². The lowest BCUT2D eigenvalue weighted by atomic mass is 9.97. The van der Waals surface area contributed by atoms with Crippen molar-refractivity contribution in [2.75, 3.05) is 38.6 Å². The predicted molar refractivity (Wildman–Crippen MR) is 121 cm³/mol. The van der Waals surface area contributed by atoms with Gasteiger partial charge in [0.1, 0.15) is 6.61 Å². The van der Waals surface area contributed by atoms with E-state index in [0.717, 1.165) is 44.3 Å². The van der Waals surface area contributed by atoms with E-state index >= 15 is 0 Å². The maximum Gasteiger partial charge on any atom is 0.320 e. The zero-order valence-electron chi connectivity index (χ0n) is 18.5. The first kappa shape index (κ1) is 21.9. The molecule has 0 aliphatic carbocycles. The molecule has 1 aromatic carbocycles. The number of nitrogens with one attached hydrogen (secondary N) is 1. The van der Waals surface area contributed by atoms with E-state index in [2.05, 4.69) is 10.3 Å². The first-order valence-electron chi connectivity index (χ1n) is 11.2. The number of likely N-dealkylation sites (tertiary alicyclic amines) is 2. The molecule has 8 heteroatoms. The molecular formula is C24H30N4O4. The summed E-state index contributed by atoms with van der Waals surface area (Å²) < 4.78 is 11.3. The number of hydrogen-bond acceptors (Lipinski definition) is 5. The van der Waals surface area contributed by atoms with Crippen molar-refractivity contribution in [2.45, 2.75) is 32.3 Å². The molecule has 2 aliphatic heterocycles. The van der Waals surface area contributed by atoms with Gasteiger partial charge in [-0.2, -0.15) is 0 Å². The first-order chi connectivity index (χ1) is 15.6. The van der Waals surface area contributed by atoms with Crippen LogP contribution in [-0.4, -0.2) is 60.0 Å². The van der Waals surface area contributed by atoms with Gasteiger partial charge in [-0.3, -0.25) is 9.78 Å². The molecule has 2 aliphatic rings. The highest BCUT2D eigenvalue weighted by molar-refractivity contribution is 5.93. The molecule has 0 bridgehead atoms. The number of benzene rings is 1. The summed E-state index contributed by atoms with van der Waals surface area (Å²) in [4.78, 5) is 33.5. The van der Waals surface area contributed by atoms with E-state index < -0.39 is 0 Å². The minimum absolute atomic E-state index is 0.0653. The smallest absolute Gasteiger partial charge is 0.320 e. The molecule has 0 spiro atoms. The lowest BCUT2D eigenvalue weighted by molar-refractivity contribution is -0.121. The van der Waals surface area contributed by atoms with Gasteiger partial charge in [0.05, 0.1) is 13.0 Å². The van der Waals surface area contributed by atoms with Crippen molar-refractivity contribution in [3.05, 3.63) is 48.3 Å². The molecule has 1 atom stereocenters. The minimum atomic E-state index is -0.225. The Morgan fingerprint density at radius 3 is 2.66 bits per heavy atom. The lowest BCUT2D eigenvalue weighted by Gasteiger charge is -2.34. The van der Waals surface area contributed by atoms with Gasteiger partial charge in [-0.25, -0.2) is 4.79 Å². The fourth-order valence-electron chi connectivity index (χ4n) is 4.23. The number of aromatic nitrogens is 1. The molecule has 1 N–H and O–H groups in total. The molecule has 1 aromatic heterocycles. The first-order valence-corrected chi connectivity index (χ1v) is 11.2. The van der Waals surface area contributed by atoms with Crippen molar-refractivity contribution in [1.82, 2.24) is 14.8 Å². The van der Waals surface area contributed by atoms with E-state index in [4.69, 9.17) is 9.47 Å². The summed E-state index contributed by atoms with van der Waals surface area (Å²) in [5.41, 5.74) is 1.58. The zero-order valence-corrected chi connectivity index (χ0v) is 18.5. The Morgan fingerprint density at radius 1 is 1.09 bits per heavy atom. The highest BCUT2D eigenvalue weighted by atomic mass is 16.5. The van der Waals surface area contributed by atoms with Gasteiger partial charge in [-0.1, -0.05) is 6.07 Å². The van der Waals surface area contributed by atoms with Gasteiger partial charge in [0.15, 0.2) is 11.5 Å². The lowest BCUT2D eigenvalue weighted by Crippen LogP contribution is -2.48. The Labute approximate surface area is 188 Å². The number of pyridine rings is 1. The number of piperidine rings is 1. The number of amides is 3. The number of hydrogen-bond donors (Lipinski definition) is 1. The quantitative estimate of drug-likeness (QED) is 0.746. The van der Waals surface area contributed by atoms with Gasteiger partial charge in [0.2, 0.25) is 5.91 Å². The Kier molecular flexibility index (Phi) is 7.09. The Balaban J connectivity index is 1.38. The number of anilines is 1. The molecule has 2 fully saturated rings. The van der Waals surface area contributed by atoms with Gasteiger partial charge in [0.25, 0.3) is 0 Å². The highest BCUT2D eigenvalue weighted by Crippen LogP contribution is 2.31. The van der Waals surface area contributed by atoms with Crippen LogP contribution in [0.5, 0.6) is 11.5 Å². The second kappa shape index (κ2) is 10.3. The van der Waals surface area contributed by atoms with Crippen LogP contribution in [0.1, 0.15) is 31.2 Å². The molecule has 2 saturated heterocycles. The molecular weight excluding hydrogens is 408 g/mol. The molecule has 2 aromatic rings. The van der Waals surface area contributed by atoms with Crippen LogP contribution in [0.3, 0.4) is 0 Å². The number of carbonyl (C=O) groups excluding carboxylic acids is 2. The Bertz CT molecular complexity index is 931. The predicted octanol–water partition coefficient (Wildman–Crippen LogP) is 3.54. The number of carbonyl (C=O) groups is 2. The van der Waals surface area contributed by atoms with Crippen molar-refractivity contribution in [3.8, 4) is 11.5 Å². The number of rotatable bonds is 6. The maximum atomic E-state index is 13.0. The third-order valence-electron chi connectivity index (χ3n) is 5.99. The fourth-order valence-corrected chi connectivity index (χ4v) is 4.23. The van der Waals surface area contributed by atoms with Gasteiger partial charge in [-0.05, 0) is 43.9 Å². The van der Waals surface area contributed by atoms with Gasteiger partial charge < -0.3 is 24.6 Å². The summed E-state index contributed by atoms with van der Waals surface area (Å²) in [7, 11) is 1.58. The summed E-state index contributed by atoms with van der Waals surface area (Å²) in [6, 6.07) is 9.19. The van der Waals surface area contributed by atoms with Crippen LogP contribution in [0.15, 0.2) is 42.7 Å². The van der Waals surface area contributed by atoms with Crippen LogP contribution >= 0.6 is 0 Å². The molecule has 3 amide bonds. The topological polar surface area (TPSA) is 84.0 Å². The summed E-state index contributed by atoms with van der Waals surface area (Å²) >= 11 is 0. The van der Waals surface area contributed by atoms with Crippen molar-refractivity contribution in [2.24, 2.45) is 5.92 Å². The van der Waals surface area contributed by atoms with Crippen molar-refractivity contribution < 1.29 is 19.1 Å². The summed E-state index contributed by atoms with van der Waals surface area (Å²) in [5.74, 6) is 0.833. The van der Waals surface area contributed by atoms with Crippen LogP contribution < -0.4 is 14.8 Å². The number of ether oxygens (including phenoxy) is 2. The van der Waals surface area contributed by atoms with Crippen LogP contribution in [0.2, 0.25) is 0 Å². The Hall–Kier alpha value is -3.29. The van der Waals surface area contributed by atoms with E-state index in [1.54, 1.807) is 37.7 Å². The molecule has 170 valence electrons. The molecule has 3 heterocycles. The third kappa shape index (κ3) is 5.30. The van der Waals surface area contributed by atoms with E-state index in [1.165, 1.54) is 0 Å². The fraction of sp³-hybridized carbons (Fsp3) is 0.458. The monoisotopic (exact) mass is 438 g/mol. The molecule has 0 radical (unpaired) electrons. The van der Waals surface area contributed by atoms with E-state index in [0.29, 0.717) is 36.9 Å². The number of urea groups is 1. The summed E-state index contributed by atoms with van der Waals surface area (Å²) in [6.45, 7) is 3.16. The number of methoxy groups -OCH3 is 1. The van der Waals surface area contributed by atoms with Crippen LogP contribution in [0, 0.1) is 5.92 Å². The number of nitrogens with zero attached hydrogens (tertiary/aromatic N) is 3. The second-order valence-corrected chi connectivity index (χ2v) is 8.27. The largest absolute Gasteiger partial charge is 0.493 e. The van der Waals surface area contributed by atoms with Gasteiger partial charge in [-0.15, -0.1) is 0 Å². The van der Waals surface area contributed by atoms with Gasteiger partial charge >= 0.3 is 6.03 Å². The normalized spacial score (nSPS) is 18.3. The Morgan fingerprint density at radius 2 is 1.91 bits per heavy atom. The van der Waals surface area contributed by atoms with Gasteiger partial charge in [0, 0.05) is 55.9 Å². The van der Waals surface area contributed by atoms with Crippen molar-refractivity contribution >= 4 is 17.6 Å². The summed E-state index contributed by atoms with van der Waals surface area (Å²) in [5, 5.41) is 2.99. The van der Waals surface area contributed by atoms with Crippen molar-refractivity contribution in [3.63, 3.8) is 0 Å². The van der Waals surface area contributed by atoms with Crippen LogP contribution in [-0.2, 0) is 11.4 Å². The zero-order chi connectivity index (χ0) is 22.3. The highest BCUT2D eigenvalue weighted by Gasteiger charge is 2.31.